The molecule has 4 aliphatic carbocycles. The van der Waals surface area contributed by atoms with Gasteiger partial charge in [0.05, 0.1) is 6.10 Å². The molecule has 25 heavy (non-hydrogen) atoms. The standard InChI is InChI=1S/C23H34O2/c1-5-15-13-23(4)16(12-21(15)25)6-7-17-19-9-8-18(14(2)24)22(19,3)11-10-20(17)23/h1,15-21,25H,6-13H2,2-4H3/t15-,16-,17-,18+,19-,20-,21-,22+,23-/m0/s1. The lowest BCUT2D eigenvalue weighted by atomic mass is 9.44. The Kier molecular flexibility index (Phi) is 4.12. The summed E-state index contributed by atoms with van der Waals surface area (Å²) in [6.07, 6.45) is 14.7. The van der Waals surface area contributed by atoms with E-state index in [1.54, 1.807) is 0 Å². The summed E-state index contributed by atoms with van der Waals surface area (Å²) in [4.78, 5) is 12.2. The highest BCUT2D eigenvalue weighted by molar-refractivity contribution is 5.79. The van der Waals surface area contributed by atoms with Crippen LogP contribution in [0.4, 0.5) is 0 Å². The average Bonchev–Trinajstić information content (AvgIpc) is 2.92. The average molecular weight is 343 g/mol. The molecule has 2 heteroatoms. The second kappa shape index (κ2) is 5.85. The minimum Gasteiger partial charge on any atom is -0.392 e. The summed E-state index contributed by atoms with van der Waals surface area (Å²) in [5, 5.41) is 10.4. The van der Waals surface area contributed by atoms with Crippen molar-refractivity contribution in [3.05, 3.63) is 0 Å². The van der Waals surface area contributed by atoms with Gasteiger partial charge in [0, 0.05) is 11.8 Å². The number of carbonyl (C=O) groups excluding carboxylic acids is 1. The van der Waals surface area contributed by atoms with E-state index in [4.69, 9.17) is 6.42 Å². The Morgan fingerprint density at radius 3 is 2.48 bits per heavy atom. The topological polar surface area (TPSA) is 37.3 Å². The number of aliphatic hydroxyl groups is 1. The molecular weight excluding hydrogens is 308 g/mol. The monoisotopic (exact) mass is 342 g/mol. The van der Waals surface area contributed by atoms with Crippen LogP contribution in [0.5, 0.6) is 0 Å². The molecule has 1 N–H and O–H groups in total. The number of rotatable bonds is 1. The summed E-state index contributed by atoms with van der Waals surface area (Å²) in [7, 11) is 0. The molecule has 0 aliphatic heterocycles. The van der Waals surface area contributed by atoms with E-state index in [0.29, 0.717) is 17.6 Å². The van der Waals surface area contributed by atoms with Gasteiger partial charge in [0.25, 0.3) is 0 Å². The molecule has 138 valence electrons. The van der Waals surface area contributed by atoms with Crippen molar-refractivity contribution in [1.29, 1.82) is 0 Å². The Bertz CT molecular complexity index is 604. The molecule has 0 amide bonds. The molecule has 4 saturated carbocycles. The first-order valence-corrected chi connectivity index (χ1v) is 10.5. The van der Waals surface area contributed by atoms with Gasteiger partial charge in [-0.1, -0.05) is 13.8 Å². The number of aliphatic hydroxyl groups excluding tert-OH is 1. The van der Waals surface area contributed by atoms with Gasteiger partial charge < -0.3 is 5.11 Å². The number of hydrogen-bond acceptors (Lipinski definition) is 2. The number of terminal acetylenes is 1. The van der Waals surface area contributed by atoms with Crippen LogP contribution < -0.4 is 0 Å². The smallest absolute Gasteiger partial charge is 0.133 e. The van der Waals surface area contributed by atoms with Crippen LogP contribution in [0.1, 0.15) is 72.1 Å². The van der Waals surface area contributed by atoms with E-state index >= 15 is 0 Å². The lowest BCUT2D eigenvalue weighted by Gasteiger charge is -2.61. The highest BCUT2D eigenvalue weighted by Gasteiger charge is 2.61. The molecule has 0 aromatic carbocycles. The van der Waals surface area contributed by atoms with Gasteiger partial charge in [0.15, 0.2) is 0 Å². The highest BCUT2D eigenvalue weighted by atomic mass is 16.3. The van der Waals surface area contributed by atoms with Crippen LogP contribution in [0.2, 0.25) is 0 Å². The molecule has 0 saturated heterocycles. The molecule has 0 heterocycles. The maximum Gasteiger partial charge on any atom is 0.133 e. The normalized spacial score (nSPS) is 54.8. The molecule has 0 aromatic heterocycles. The minimum atomic E-state index is -0.304. The van der Waals surface area contributed by atoms with Crippen LogP contribution in [0.25, 0.3) is 0 Å². The van der Waals surface area contributed by atoms with Crippen molar-refractivity contribution in [3.8, 4) is 12.3 Å². The van der Waals surface area contributed by atoms with Gasteiger partial charge in [-0.2, -0.15) is 0 Å². The molecule has 9 atom stereocenters. The van der Waals surface area contributed by atoms with Gasteiger partial charge in [-0.15, -0.1) is 12.3 Å². The van der Waals surface area contributed by atoms with Crippen LogP contribution in [0, 0.1) is 58.7 Å². The molecule has 4 rings (SSSR count). The second-order valence-electron chi connectivity index (χ2n) is 10.2. The van der Waals surface area contributed by atoms with Crippen LogP contribution in [0.15, 0.2) is 0 Å². The van der Waals surface area contributed by atoms with Crippen molar-refractivity contribution in [2.75, 3.05) is 0 Å². The quantitative estimate of drug-likeness (QED) is 0.715. The molecule has 2 nitrogen and oxygen atoms in total. The lowest BCUT2D eigenvalue weighted by Crippen LogP contribution is -2.55. The molecule has 0 aromatic rings. The van der Waals surface area contributed by atoms with E-state index in [1.807, 2.05) is 6.92 Å². The van der Waals surface area contributed by atoms with E-state index < -0.39 is 0 Å². The van der Waals surface area contributed by atoms with Crippen LogP contribution >= 0.6 is 0 Å². The SMILES string of the molecule is C#C[C@H]1C[C@@]2(C)[C@@H](CC[C@@H]3[C@@H]2CC[C@]2(C)[C@@H](C(C)=O)CC[C@@H]32)C[C@@H]1O. The van der Waals surface area contributed by atoms with Gasteiger partial charge in [-0.25, -0.2) is 0 Å². The summed E-state index contributed by atoms with van der Waals surface area (Å²) in [6, 6.07) is 0. The van der Waals surface area contributed by atoms with E-state index in [0.717, 1.165) is 31.1 Å². The molecular formula is C23H34O2. The van der Waals surface area contributed by atoms with E-state index in [9.17, 15) is 9.90 Å². The van der Waals surface area contributed by atoms with Gasteiger partial charge >= 0.3 is 0 Å². The number of ketones is 1. The van der Waals surface area contributed by atoms with Crippen LogP contribution in [0.3, 0.4) is 0 Å². The Morgan fingerprint density at radius 1 is 1.08 bits per heavy atom. The van der Waals surface area contributed by atoms with E-state index in [2.05, 4.69) is 19.8 Å². The summed E-state index contributed by atoms with van der Waals surface area (Å²) in [5.74, 6) is 6.46. The number of carbonyl (C=O) groups is 1. The number of Topliss-reactive ketones (excluding diaryl/α,β-unsaturated/α-hetero) is 1. The zero-order chi connectivity index (χ0) is 18.0. The van der Waals surface area contributed by atoms with Gasteiger partial charge in [0.2, 0.25) is 0 Å². The number of fused-ring (bicyclic) bond motifs is 5. The third-order valence-electron chi connectivity index (χ3n) is 9.42. The van der Waals surface area contributed by atoms with Crippen molar-refractivity contribution >= 4 is 5.78 Å². The zero-order valence-electron chi connectivity index (χ0n) is 16.1. The largest absolute Gasteiger partial charge is 0.392 e. The summed E-state index contributed by atoms with van der Waals surface area (Å²) in [5.41, 5.74) is 0.519. The first kappa shape index (κ1) is 17.6. The maximum atomic E-state index is 12.2. The second-order valence-corrected chi connectivity index (χ2v) is 10.2. The molecule has 4 fully saturated rings. The summed E-state index contributed by atoms with van der Waals surface area (Å²) in [6.45, 7) is 6.70. The van der Waals surface area contributed by atoms with E-state index in [1.165, 1.54) is 32.1 Å². The fourth-order valence-electron chi connectivity index (χ4n) is 8.14. The van der Waals surface area contributed by atoms with Gasteiger partial charge in [0.1, 0.15) is 5.78 Å². The van der Waals surface area contributed by atoms with Crippen molar-refractivity contribution in [3.63, 3.8) is 0 Å². The molecule has 4 aliphatic rings. The third-order valence-corrected chi connectivity index (χ3v) is 9.42. The van der Waals surface area contributed by atoms with Gasteiger partial charge in [-0.3, -0.25) is 4.79 Å². The van der Waals surface area contributed by atoms with Crippen LogP contribution in [-0.4, -0.2) is 17.0 Å². The highest BCUT2D eigenvalue weighted by Crippen LogP contribution is 2.67. The summed E-state index contributed by atoms with van der Waals surface area (Å²) >= 11 is 0. The predicted octanol–water partition coefficient (Wildman–Crippen LogP) is 4.45. The Hall–Kier alpha value is -0.810. The Morgan fingerprint density at radius 2 is 1.80 bits per heavy atom. The van der Waals surface area contributed by atoms with Crippen molar-refractivity contribution < 1.29 is 9.90 Å². The zero-order valence-corrected chi connectivity index (χ0v) is 16.1. The minimum absolute atomic E-state index is 0.0295. The Balaban J connectivity index is 1.63. The van der Waals surface area contributed by atoms with E-state index in [-0.39, 0.29) is 28.8 Å². The Labute approximate surface area is 153 Å². The van der Waals surface area contributed by atoms with Crippen LogP contribution in [-0.2, 0) is 4.79 Å². The molecule has 0 spiro atoms. The first-order valence-electron chi connectivity index (χ1n) is 10.5. The third kappa shape index (κ3) is 2.38. The number of hydrogen-bond donors (Lipinski definition) is 1. The molecule has 0 radical (unpaired) electrons. The summed E-state index contributed by atoms with van der Waals surface area (Å²) < 4.78 is 0. The van der Waals surface area contributed by atoms with Crippen molar-refractivity contribution in [2.45, 2.75) is 78.2 Å². The predicted molar refractivity (Wildman–Crippen MR) is 99.6 cm³/mol. The van der Waals surface area contributed by atoms with Crippen molar-refractivity contribution in [1.82, 2.24) is 0 Å². The lowest BCUT2D eigenvalue weighted by molar-refractivity contribution is -0.143. The maximum absolute atomic E-state index is 12.2. The fraction of sp³-hybridized carbons (Fsp3) is 0.870. The van der Waals surface area contributed by atoms with Crippen molar-refractivity contribution in [2.24, 2.45) is 46.3 Å². The fourth-order valence-corrected chi connectivity index (χ4v) is 8.14. The van der Waals surface area contributed by atoms with Gasteiger partial charge in [-0.05, 0) is 92.8 Å². The first-order chi connectivity index (χ1) is 11.8. The molecule has 0 unspecified atom stereocenters. The molecule has 0 bridgehead atoms.